The third kappa shape index (κ3) is 12.5. The average molecular weight is 757 g/mol. The zero-order chi connectivity index (χ0) is 32.4. The fraction of sp³-hybridized carbons (Fsp3) is 0.0909. The van der Waals surface area contributed by atoms with Crippen molar-refractivity contribution < 1.29 is 23.3 Å². The topological polar surface area (TPSA) is 0 Å². The molecule has 0 unspecified atom stereocenters. The molecule has 0 nitrogen and oxygen atoms in total. The van der Waals surface area contributed by atoms with Crippen LogP contribution in [-0.2, 0) is 23.3 Å². The van der Waals surface area contributed by atoms with Crippen molar-refractivity contribution in [3.8, 4) is 0 Å². The second-order valence-electron chi connectivity index (χ2n) is 10.6. The zero-order valence-corrected chi connectivity index (χ0v) is 32.3. The maximum absolute atomic E-state index is 3.36. The third-order valence-corrected chi connectivity index (χ3v) is 7.38. The molecule has 6 aromatic rings. The van der Waals surface area contributed by atoms with Crippen molar-refractivity contribution >= 4 is 64.4 Å². The van der Waals surface area contributed by atoms with Gasteiger partial charge in [-0.25, -0.2) is 23.3 Å². The summed E-state index contributed by atoms with van der Waals surface area (Å²) in [5.74, 6) is 0. The molecule has 0 saturated carbocycles. The van der Waals surface area contributed by atoms with Crippen molar-refractivity contribution in [3.05, 3.63) is 204 Å². The number of hydrogen-bond acceptors (Lipinski definition) is 0. The summed E-state index contributed by atoms with van der Waals surface area (Å²) >= 11 is 1.36. The quantitative estimate of drug-likeness (QED) is 0.122. The van der Waals surface area contributed by atoms with E-state index in [-0.39, 0.29) is 24.8 Å². The van der Waals surface area contributed by atoms with Crippen LogP contribution in [-0.4, -0.2) is 6.88 Å². The van der Waals surface area contributed by atoms with Gasteiger partial charge in [0.2, 0.25) is 0 Å². The van der Waals surface area contributed by atoms with Crippen molar-refractivity contribution in [1.29, 1.82) is 0 Å². The summed E-state index contributed by atoms with van der Waals surface area (Å²) in [5.41, 5.74) is 7.97. The minimum Gasteiger partial charge on any atom is -0.184 e. The SMILES string of the molecule is CC1=[C-]CC(c2cccc3ccccc23)=C1.CC1=[C-]CC(c2cccc3ccccc23)=C1.Cl.Cl.[Si]=[Zr].[c-]1ccccc1.[c-]1ccccc1. The summed E-state index contributed by atoms with van der Waals surface area (Å²) in [7, 11) is 0. The Morgan fingerprint density at radius 3 is 1.10 bits per heavy atom. The van der Waals surface area contributed by atoms with E-state index >= 15 is 0 Å². The molecule has 0 atom stereocenters. The summed E-state index contributed by atoms with van der Waals surface area (Å²) in [5, 5.41) is 5.30. The summed E-state index contributed by atoms with van der Waals surface area (Å²) < 4.78 is 0. The van der Waals surface area contributed by atoms with Crippen LogP contribution in [0.4, 0.5) is 0 Å². The van der Waals surface area contributed by atoms with E-state index in [1.165, 1.54) is 78.3 Å². The molecule has 0 N–H and O–H groups in total. The Kier molecular flexibility index (Phi) is 19.4. The molecule has 2 aliphatic rings. The maximum atomic E-state index is 3.36. The predicted octanol–water partition coefficient (Wildman–Crippen LogP) is 12.2. The Labute approximate surface area is 316 Å². The fourth-order valence-corrected chi connectivity index (χ4v) is 5.24. The van der Waals surface area contributed by atoms with Gasteiger partial charge >= 0.3 is 30.2 Å². The Morgan fingerprint density at radius 2 is 0.812 bits per heavy atom. The molecule has 0 aliphatic heterocycles. The van der Waals surface area contributed by atoms with Gasteiger partial charge in [-0.05, 0) is 32.7 Å². The minimum atomic E-state index is 0. The summed E-state index contributed by atoms with van der Waals surface area (Å²) in [6.45, 7) is 7.28. The number of benzene rings is 6. The Bertz CT molecular complexity index is 1740. The fourth-order valence-electron chi connectivity index (χ4n) is 5.24. The largest absolute Gasteiger partial charge is 0.184 e. The van der Waals surface area contributed by atoms with Crippen molar-refractivity contribution in [1.82, 2.24) is 0 Å². The molecule has 6 aromatic carbocycles. The summed E-state index contributed by atoms with van der Waals surface area (Å²) in [6.07, 6.45) is 13.1. The molecule has 0 fully saturated rings. The van der Waals surface area contributed by atoms with Crippen molar-refractivity contribution in [2.75, 3.05) is 0 Å². The van der Waals surface area contributed by atoms with Gasteiger partial charge in [-0.2, -0.15) is 72.8 Å². The van der Waals surface area contributed by atoms with Gasteiger partial charge in [0, 0.05) is 0 Å². The van der Waals surface area contributed by atoms with Gasteiger partial charge < -0.3 is 0 Å². The first kappa shape index (κ1) is 40.7. The van der Waals surface area contributed by atoms with E-state index in [1.807, 2.05) is 60.7 Å². The molecule has 0 aromatic heterocycles. The Balaban J connectivity index is 0.000000234. The van der Waals surface area contributed by atoms with E-state index in [0.29, 0.717) is 0 Å². The zero-order valence-electron chi connectivity index (χ0n) is 27.2. The molecular formula is C44H38Cl2SiZr-4. The summed E-state index contributed by atoms with van der Waals surface area (Å²) in [6, 6.07) is 55.1. The van der Waals surface area contributed by atoms with E-state index in [9.17, 15) is 0 Å². The van der Waals surface area contributed by atoms with Crippen LogP contribution in [0.25, 0.3) is 32.7 Å². The molecule has 0 amide bonds. The molecule has 8 rings (SSSR count). The van der Waals surface area contributed by atoms with Gasteiger partial charge in [0.1, 0.15) is 0 Å². The molecular weight excluding hydrogens is 719 g/mol. The van der Waals surface area contributed by atoms with E-state index in [4.69, 9.17) is 0 Å². The number of rotatable bonds is 2. The maximum Gasteiger partial charge on any atom is -0.171 e. The van der Waals surface area contributed by atoms with E-state index in [2.05, 4.69) is 142 Å². The molecule has 2 aliphatic carbocycles. The number of allylic oxidation sites excluding steroid dienone is 8. The van der Waals surface area contributed by atoms with Crippen LogP contribution in [0.3, 0.4) is 0 Å². The predicted molar refractivity (Wildman–Crippen MR) is 209 cm³/mol. The van der Waals surface area contributed by atoms with Crippen LogP contribution in [0.2, 0.25) is 0 Å². The molecule has 240 valence electrons. The first-order valence-corrected chi connectivity index (χ1v) is 19.5. The number of hydrogen-bond donors (Lipinski definition) is 0. The normalized spacial score (nSPS) is 12.1. The second-order valence-corrected chi connectivity index (χ2v) is 10.6. The van der Waals surface area contributed by atoms with Crippen molar-refractivity contribution in [3.63, 3.8) is 0 Å². The van der Waals surface area contributed by atoms with Crippen LogP contribution in [0.15, 0.2) is 169 Å². The number of halogens is 2. The molecule has 0 bridgehead atoms. The third-order valence-electron chi connectivity index (χ3n) is 7.38. The Morgan fingerprint density at radius 1 is 0.458 bits per heavy atom. The summed E-state index contributed by atoms with van der Waals surface area (Å²) in [4.78, 5) is 0. The van der Waals surface area contributed by atoms with Gasteiger partial charge in [0.05, 0.1) is 0 Å². The molecule has 0 spiro atoms. The minimum absolute atomic E-state index is 0. The van der Waals surface area contributed by atoms with Crippen molar-refractivity contribution in [2.45, 2.75) is 26.7 Å². The van der Waals surface area contributed by atoms with Gasteiger partial charge in [-0.3, -0.25) is 12.2 Å². The number of fused-ring (bicyclic) bond motifs is 2. The molecule has 0 heterocycles. The average Bonchev–Trinajstić information content (AvgIpc) is 3.79. The van der Waals surface area contributed by atoms with E-state index in [0.717, 1.165) is 12.8 Å². The van der Waals surface area contributed by atoms with E-state index < -0.39 is 0 Å². The van der Waals surface area contributed by atoms with Gasteiger partial charge in [0.15, 0.2) is 0 Å². The molecule has 4 heteroatoms. The monoisotopic (exact) mass is 754 g/mol. The second kappa shape index (κ2) is 22.9. The standard InChI is InChI=1S/2C16H13.2C6H5.2ClH.Si.Zr/c2*1-12-9-10-14(11-12)16-8-4-6-13-5-2-3-7-15(13)16;2*1-2-4-6-5-3-1;;;;/h2*2-8,11H,10H2,1H3;2*1-5H;2*1H;;/q4*-1;;;;. The van der Waals surface area contributed by atoms with Crippen LogP contribution in [0.5, 0.6) is 0 Å². The van der Waals surface area contributed by atoms with Crippen LogP contribution in [0.1, 0.15) is 37.8 Å². The molecule has 0 saturated heterocycles. The van der Waals surface area contributed by atoms with Gasteiger partial charge in [-0.15, -0.1) is 48.8 Å². The molecule has 48 heavy (non-hydrogen) atoms. The van der Waals surface area contributed by atoms with Crippen molar-refractivity contribution in [2.24, 2.45) is 0 Å². The van der Waals surface area contributed by atoms with Crippen LogP contribution in [0, 0.1) is 24.3 Å². The van der Waals surface area contributed by atoms with Gasteiger partial charge in [0.25, 0.3) is 0 Å². The van der Waals surface area contributed by atoms with Gasteiger partial charge in [-0.1, -0.05) is 98.8 Å². The first-order valence-electron chi connectivity index (χ1n) is 15.3. The van der Waals surface area contributed by atoms with Crippen LogP contribution < -0.4 is 0 Å². The first-order chi connectivity index (χ1) is 22.7. The van der Waals surface area contributed by atoms with E-state index in [1.54, 1.807) is 0 Å². The smallest absolute Gasteiger partial charge is 0.171 e. The molecule has 2 radical (unpaired) electrons. The van der Waals surface area contributed by atoms with Crippen LogP contribution >= 0.6 is 24.8 Å². The Hall–Kier alpha value is -3.52.